The van der Waals surface area contributed by atoms with Crippen LogP contribution in [0.15, 0.2) is 29.3 Å². The van der Waals surface area contributed by atoms with Crippen LogP contribution in [-0.4, -0.2) is 50.8 Å². The van der Waals surface area contributed by atoms with Gasteiger partial charge in [0.15, 0.2) is 5.96 Å². The van der Waals surface area contributed by atoms with Crippen molar-refractivity contribution >= 4 is 5.96 Å². The topological polar surface area (TPSA) is 48.9 Å². The van der Waals surface area contributed by atoms with Gasteiger partial charge in [0.25, 0.3) is 0 Å². The van der Waals surface area contributed by atoms with Crippen LogP contribution in [0, 0.1) is 5.92 Å². The minimum absolute atomic E-state index is 0.596. The molecule has 0 atom stereocenters. The van der Waals surface area contributed by atoms with E-state index in [1.54, 1.807) is 0 Å². The van der Waals surface area contributed by atoms with Gasteiger partial charge in [-0.1, -0.05) is 38.1 Å². The van der Waals surface area contributed by atoms with Crippen molar-refractivity contribution in [3.63, 3.8) is 0 Å². The number of guanidine groups is 1. The van der Waals surface area contributed by atoms with E-state index >= 15 is 0 Å². The molecule has 0 bridgehead atoms. The maximum Gasteiger partial charge on any atom is 0.191 e. The van der Waals surface area contributed by atoms with Crippen LogP contribution in [0.25, 0.3) is 0 Å². The summed E-state index contributed by atoms with van der Waals surface area (Å²) in [5, 5.41) is 6.71. The van der Waals surface area contributed by atoms with Gasteiger partial charge in [0.05, 0.1) is 0 Å². The summed E-state index contributed by atoms with van der Waals surface area (Å²) in [4.78, 5) is 6.81. The summed E-state index contributed by atoms with van der Waals surface area (Å²) in [6.45, 7) is 11.2. The van der Waals surface area contributed by atoms with Gasteiger partial charge >= 0.3 is 0 Å². The highest BCUT2D eigenvalue weighted by atomic mass is 16.5. The second-order valence-electron chi connectivity index (χ2n) is 7.47. The fourth-order valence-corrected chi connectivity index (χ4v) is 3.07. The van der Waals surface area contributed by atoms with Gasteiger partial charge in [-0.25, -0.2) is 0 Å². The molecule has 0 radical (unpaired) electrons. The molecule has 1 aromatic rings. The molecule has 0 saturated carbocycles. The number of nitrogens with one attached hydrogen (secondary N) is 2. The Hall–Kier alpha value is -1.59. The Balaban J connectivity index is 1.62. The van der Waals surface area contributed by atoms with Crippen molar-refractivity contribution in [2.24, 2.45) is 10.9 Å². The first kappa shape index (κ1) is 20.7. The van der Waals surface area contributed by atoms with E-state index < -0.39 is 0 Å². The van der Waals surface area contributed by atoms with Gasteiger partial charge in [0, 0.05) is 39.9 Å². The summed E-state index contributed by atoms with van der Waals surface area (Å²) in [7, 11) is 1.81. The molecule has 1 fully saturated rings. The summed E-state index contributed by atoms with van der Waals surface area (Å²) in [5.74, 6) is 1.44. The number of aliphatic imine (C=N–C) groups is 1. The largest absolute Gasteiger partial charge is 0.381 e. The van der Waals surface area contributed by atoms with Crippen LogP contribution in [0.5, 0.6) is 0 Å². The van der Waals surface area contributed by atoms with E-state index in [0.717, 1.165) is 45.2 Å². The number of hydrogen-bond acceptors (Lipinski definition) is 3. The fraction of sp³-hybridized carbons (Fsp3) is 0.667. The van der Waals surface area contributed by atoms with E-state index in [2.05, 4.69) is 58.6 Å². The van der Waals surface area contributed by atoms with Crippen molar-refractivity contribution in [3.05, 3.63) is 35.4 Å². The summed E-state index contributed by atoms with van der Waals surface area (Å²) in [6.07, 6.45) is 3.68. The molecule has 146 valence electrons. The van der Waals surface area contributed by atoms with Gasteiger partial charge in [-0.2, -0.15) is 0 Å². The Bertz CT molecular complexity index is 521. The summed E-state index contributed by atoms with van der Waals surface area (Å²) in [5.41, 5.74) is 2.68. The van der Waals surface area contributed by atoms with Crippen molar-refractivity contribution in [3.8, 4) is 0 Å². The second kappa shape index (κ2) is 11.9. The molecule has 1 aliphatic heterocycles. The van der Waals surface area contributed by atoms with Gasteiger partial charge in [-0.05, 0) is 49.4 Å². The molecule has 0 aliphatic carbocycles. The van der Waals surface area contributed by atoms with Crippen LogP contribution in [0.2, 0.25) is 0 Å². The first-order valence-corrected chi connectivity index (χ1v) is 10.00. The summed E-state index contributed by atoms with van der Waals surface area (Å²) in [6, 6.07) is 8.92. The lowest BCUT2D eigenvalue weighted by Gasteiger charge is -2.15. The third-order valence-corrected chi connectivity index (χ3v) is 4.52. The molecule has 5 heteroatoms. The van der Waals surface area contributed by atoms with Crippen molar-refractivity contribution in [1.29, 1.82) is 0 Å². The Morgan fingerprint density at radius 3 is 2.46 bits per heavy atom. The molecule has 0 unspecified atom stereocenters. The Kier molecular flexibility index (Phi) is 9.50. The molecule has 0 spiro atoms. The maximum atomic E-state index is 5.59. The van der Waals surface area contributed by atoms with E-state index in [-0.39, 0.29) is 0 Å². The van der Waals surface area contributed by atoms with Crippen LogP contribution in [0.1, 0.15) is 44.2 Å². The average molecular weight is 361 g/mol. The number of hydrogen-bond donors (Lipinski definition) is 2. The third-order valence-electron chi connectivity index (χ3n) is 4.52. The molecule has 1 heterocycles. The van der Waals surface area contributed by atoms with E-state index in [9.17, 15) is 0 Å². The Labute approximate surface area is 159 Å². The molecular weight excluding hydrogens is 324 g/mol. The monoisotopic (exact) mass is 360 g/mol. The molecule has 1 aromatic carbocycles. The molecule has 2 rings (SSSR count). The lowest BCUT2D eigenvalue weighted by molar-refractivity contribution is 0.108. The molecule has 5 nitrogen and oxygen atoms in total. The standard InChI is InChI=1S/C21H36N4O/c1-18(2)17-26-14-6-11-23-21(22-3)24-15-19-7-9-20(10-8-19)16-25-12-4-5-13-25/h7-10,18H,4-6,11-17H2,1-3H3,(H2,22,23,24). The normalized spacial score (nSPS) is 15.6. The summed E-state index contributed by atoms with van der Waals surface area (Å²) < 4.78 is 5.59. The van der Waals surface area contributed by atoms with Crippen LogP contribution in [0.4, 0.5) is 0 Å². The lowest BCUT2D eigenvalue weighted by atomic mass is 10.1. The molecule has 26 heavy (non-hydrogen) atoms. The fourth-order valence-electron chi connectivity index (χ4n) is 3.07. The van der Waals surface area contributed by atoms with Gasteiger partial charge < -0.3 is 15.4 Å². The first-order chi connectivity index (χ1) is 12.7. The molecule has 0 amide bonds. The van der Waals surface area contributed by atoms with E-state index in [4.69, 9.17) is 4.74 Å². The number of rotatable bonds is 10. The van der Waals surface area contributed by atoms with Crippen LogP contribution in [0.3, 0.4) is 0 Å². The highest BCUT2D eigenvalue weighted by Crippen LogP contribution is 2.13. The number of likely N-dealkylation sites (tertiary alicyclic amines) is 1. The third kappa shape index (κ3) is 8.19. The van der Waals surface area contributed by atoms with E-state index in [0.29, 0.717) is 5.92 Å². The minimum Gasteiger partial charge on any atom is -0.381 e. The zero-order valence-electron chi connectivity index (χ0n) is 16.8. The Morgan fingerprint density at radius 1 is 1.12 bits per heavy atom. The quantitative estimate of drug-likeness (QED) is 0.383. The number of ether oxygens (including phenoxy) is 1. The van der Waals surface area contributed by atoms with Crippen LogP contribution < -0.4 is 10.6 Å². The first-order valence-electron chi connectivity index (χ1n) is 10.00. The average Bonchev–Trinajstić information content (AvgIpc) is 3.14. The van der Waals surface area contributed by atoms with Gasteiger partial charge in [-0.3, -0.25) is 9.89 Å². The van der Waals surface area contributed by atoms with Crippen molar-refractivity contribution in [2.45, 2.75) is 46.2 Å². The lowest BCUT2D eigenvalue weighted by Crippen LogP contribution is -2.37. The molecular formula is C21H36N4O. The molecule has 1 saturated heterocycles. The van der Waals surface area contributed by atoms with E-state index in [1.807, 2.05) is 7.05 Å². The maximum absolute atomic E-state index is 5.59. The highest BCUT2D eigenvalue weighted by molar-refractivity contribution is 5.79. The van der Waals surface area contributed by atoms with E-state index in [1.165, 1.54) is 37.1 Å². The predicted molar refractivity (Wildman–Crippen MR) is 109 cm³/mol. The van der Waals surface area contributed by atoms with Gasteiger partial charge in [0.1, 0.15) is 0 Å². The van der Waals surface area contributed by atoms with Gasteiger partial charge in [-0.15, -0.1) is 0 Å². The smallest absolute Gasteiger partial charge is 0.191 e. The Morgan fingerprint density at radius 2 is 1.81 bits per heavy atom. The highest BCUT2D eigenvalue weighted by Gasteiger charge is 2.11. The van der Waals surface area contributed by atoms with Crippen molar-refractivity contribution in [2.75, 3.05) is 39.9 Å². The minimum atomic E-state index is 0.596. The predicted octanol–water partition coefficient (Wildman–Crippen LogP) is 3.01. The number of benzene rings is 1. The second-order valence-corrected chi connectivity index (χ2v) is 7.47. The van der Waals surface area contributed by atoms with Crippen molar-refractivity contribution < 1.29 is 4.74 Å². The van der Waals surface area contributed by atoms with Crippen molar-refractivity contribution in [1.82, 2.24) is 15.5 Å². The molecule has 2 N–H and O–H groups in total. The number of nitrogens with zero attached hydrogens (tertiary/aromatic N) is 2. The van der Waals surface area contributed by atoms with Gasteiger partial charge in [0.2, 0.25) is 0 Å². The van der Waals surface area contributed by atoms with Crippen LogP contribution >= 0.6 is 0 Å². The zero-order valence-corrected chi connectivity index (χ0v) is 16.8. The summed E-state index contributed by atoms with van der Waals surface area (Å²) >= 11 is 0. The SMILES string of the molecule is CN=C(NCCCOCC(C)C)NCc1ccc(CN2CCCC2)cc1. The molecule has 1 aliphatic rings. The molecule has 0 aromatic heterocycles. The van der Waals surface area contributed by atoms with Crippen LogP contribution in [-0.2, 0) is 17.8 Å². The zero-order chi connectivity index (χ0) is 18.6.